The van der Waals surface area contributed by atoms with Crippen molar-refractivity contribution >= 4 is 0 Å². The van der Waals surface area contributed by atoms with E-state index in [0.29, 0.717) is 26.2 Å². The maximum atomic E-state index is 12.6. The SMILES string of the molecule is Oc1ccc(OC(F)(F)F)cc1[C@H](CCC(F)(F)F)N1CCNCC1. The number of aromatic hydroxyl groups is 1. The van der Waals surface area contributed by atoms with Crippen molar-refractivity contribution in [3.63, 3.8) is 0 Å². The molecule has 4 nitrogen and oxygen atoms in total. The van der Waals surface area contributed by atoms with Crippen molar-refractivity contribution in [1.82, 2.24) is 10.2 Å². The Morgan fingerprint density at radius 2 is 1.76 bits per heavy atom. The highest BCUT2D eigenvalue weighted by Gasteiger charge is 2.34. The molecule has 0 amide bonds. The topological polar surface area (TPSA) is 44.7 Å². The Kier molecular flexibility index (Phi) is 6.04. The van der Waals surface area contributed by atoms with Crippen LogP contribution >= 0.6 is 0 Å². The molecule has 0 unspecified atom stereocenters. The van der Waals surface area contributed by atoms with Crippen LogP contribution in [-0.4, -0.2) is 48.7 Å². The number of piperazine rings is 1. The second-order valence-electron chi connectivity index (χ2n) is 5.72. The van der Waals surface area contributed by atoms with E-state index in [9.17, 15) is 31.4 Å². The summed E-state index contributed by atoms with van der Waals surface area (Å²) in [6.45, 7) is 1.93. The molecule has 142 valence electrons. The Morgan fingerprint density at radius 1 is 1.12 bits per heavy atom. The largest absolute Gasteiger partial charge is 0.573 e. The molecule has 0 aromatic heterocycles. The van der Waals surface area contributed by atoms with Gasteiger partial charge in [0.15, 0.2) is 0 Å². The molecule has 2 N–H and O–H groups in total. The number of halogens is 6. The van der Waals surface area contributed by atoms with Crippen LogP contribution in [-0.2, 0) is 0 Å². The van der Waals surface area contributed by atoms with Crippen molar-refractivity contribution < 1.29 is 36.2 Å². The number of nitrogens with one attached hydrogen (secondary N) is 1. The molecule has 1 aromatic carbocycles. The summed E-state index contributed by atoms with van der Waals surface area (Å²) >= 11 is 0. The van der Waals surface area contributed by atoms with Crippen LogP contribution in [0.15, 0.2) is 18.2 Å². The number of nitrogens with zero attached hydrogens (tertiary/aromatic N) is 1. The lowest BCUT2D eigenvalue weighted by molar-refractivity contribution is -0.274. The molecule has 1 aromatic rings. The molecule has 1 saturated heterocycles. The lowest BCUT2D eigenvalue weighted by Crippen LogP contribution is -2.45. The standard InChI is InChI=1S/C15H18F6N2O2/c16-14(17,18)4-3-12(23-7-5-22-6-8-23)11-9-10(1-2-13(11)24)25-15(19,20)21/h1-2,9,12,22,24H,3-8H2/t12-/m0/s1. The summed E-state index contributed by atoms with van der Waals surface area (Å²) in [4.78, 5) is 1.72. The van der Waals surface area contributed by atoms with Crippen molar-refractivity contribution in [2.45, 2.75) is 31.4 Å². The molecule has 1 fully saturated rings. The molecule has 0 bridgehead atoms. The molecule has 1 aliphatic heterocycles. The minimum atomic E-state index is -4.93. The van der Waals surface area contributed by atoms with Gasteiger partial charge in [0.05, 0.1) is 0 Å². The molecule has 1 heterocycles. The Hall–Kier alpha value is -1.68. The van der Waals surface area contributed by atoms with E-state index in [0.717, 1.165) is 18.2 Å². The normalized spacial score (nSPS) is 18.2. The number of hydrogen-bond acceptors (Lipinski definition) is 4. The maximum absolute atomic E-state index is 12.6. The van der Waals surface area contributed by atoms with Crippen LogP contribution in [0.25, 0.3) is 0 Å². The first-order chi connectivity index (χ1) is 11.6. The van der Waals surface area contributed by atoms with E-state index in [-0.39, 0.29) is 17.7 Å². The smallest absolute Gasteiger partial charge is 0.508 e. The van der Waals surface area contributed by atoms with Gasteiger partial charge in [0.25, 0.3) is 0 Å². The van der Waals surface area contributed by atoms with Gasteiger partial charge in [-0.2, -0.15) is 13.2 Å². The molecule has 0 radical (unpaired) electrons. The van der Waals surface area contributed by atoms with Crippen LogP contribution in [0.2, 0.25) is 0 Å². The zero-order chi connectivity index (χ0) is 18.7. The third-order valence-electron chi connectivity index (χ3n) is 3.89. The van der Waals surface area contributed by atoms with Crippen LogP contribution < -0.4 is 10.1 Å². The van der Waals surface area contributed by atoms with Gasteiger partial charge in [-0.15, -0.1) is 13.2 Å². The first-order valence-corrected chi connectivity index (χ1v) is 7.65. The predicted octanol–water partition coefficient (Wildman–Crippen LogP) is 3.58. The monoisotopic (exact) mass is 372 g/mol. The summed E-state index contributed by atoms with van der Waals surface area (Å²) in [7, 11) is 0. The average molecular weight is 372 g/mol. The first kappa shape index (κ1) is 19.6. The first-order valence-electron chi connectivity index (χ1n) is 7.65. The van der Waals surface area contributed by atoms with Crippen molar-refractivity contribution in [3.05, 3.63) is 23.8 Å². The summed E-state index contributed by atoms with van der Waals surface area (Å²) in [5, 5.41) is 13.1. The van der Waals surface area contributed by atoms with Crippen LogP contribution in [0.4, 0.5) is 26.3 Å². The number of rotatable bonds is 5. The van der Waals surface area contributed by atoms with Gasteiger partial charge >= 0.3 is 12.5 Å². The minimum Gasteiger partial charge on any atom is -0.508 e. The molecular weight excluding hydrogens is 354 g/mol. The fraction of sp³-hybridized carbons (Fsp3) is 0.600. The summed E-state index contributed by atoms with van der Waals surface area (Å²) in [6, 6.07) is 2.01. The second kappa shape index (κ2) is 7.69. The average Bonchev–Trinajstić information content (AvgIpc) is 2.49. The van der Waals surface area contributed by atoms with Gasteiger partial charge in [0.2, 0.25) is 0 Å². The van der Waals surface area contributed by atoms with Crippen LogP contribution in [0, 0.1) is 0 Å². The van der Waals surface area contributed by atoms with Crippen molar-refractivity contribution in [3.8, 4) is 11.5 Å². The Balaban J connectivity index is 2.29. The zero-order valence-electron chi connectivity index (χ0n) is 13.1. The van der Waals surface area contributed by atoms with E-state index in [4.69, 9.17) is 0 Å². The van der Waals surface area contributed by atoms with Gasteiger partial charge in [0.1, 0.15) is 11.5 Å². The van der Waals surface area contributed by atoms with Gasteiger partial charge in [-0.3, -0.25) is 4.90 Å². The van der Waals surface area contributed by atoms with Crippen molar-refractivity contribution in [2.24, 2.45) is 0 Å². The van der Waals surface area contributed by atoms with Gasteiger partial charge in [-0.25, -0.2) is 0 Å². The number of phenolic OH excluding ortho intramolecular Hbond substituents is 1. The van der Waals surface area contributed by atoms with Gasteiger partial charge < -0.3 is 15.2 Å². The summed E-state index contributed by atoms with van der Waals surface area (Å²) in [6.07, 6.45) is -10.8. The Labute approximate surface area is 140 Å². The quantitative estimate of drug-likeness (QED) is 0.776. The number of hydrogen-bond donors (Lipinski definition) is 2. The lowest BCUT2D eigenvalue weighted by Gasteiger charge is -2.35. The predicted molar refractivity (Wildman–Crippen MR) is 77.3 cm³/mol. The number of phenols is 1. The van der Waals surface area contributed by atoms with E-state index in [1.807, 2.05) is 0 Å². The molecule has 0 saturated carbocycles. The maximum Gasteiger partial charge on any atom is 0.573 e. The van der Waals surface area contributed by atoms with Gasteiger partial charge in [-0.1, -0.05) is 0 Å². The molecule has 0 aliphatic carbocycles. The molecular formula is C15H18F6N2O2. The van der Waals surface area contributed by atoms with Crippen molar-refractivity contribution in [1.29, 1.82) is 0 Å². The zero-order valence-corrected chi connectivity index (χ0v) is 13.1. The van der Waals surface area contributed by atoms with Crippen LogP contribution in [0.3, 0.4) is 0 Å². The highest BCUT2D eigenvalue weighted by molar-refractivity contribution is 5.41. The fourth-order valence-corrected chi connectivity index (χ4v) is 2.83. The molecule has 10 heteroatoms. The summed E-state index contributed by atoms with van der Waals surface area (Å²) in [5.41, 5.74) is -0.00657. The van der Waals surface area contributed by atoms with Gasteiger partial charge in [-0.05, 0) is 24.6 Å². The second-order valence-corrected chi connectivity index (χ2v) is 5.72. The molecule has 1 atom stereocenters. The third kappa shape index (κ3) is 6.28. The Bertz CT molecular complexity index is 570. The van der Waals surface area contributed by atoms with E-state index in [1.54, 1.807) is 4.90 Å². The van der Waals surface area contributed by atoms with Crippen molar-refractivity contribution in [2.75, 3.05) is 26.2 Å². The van der Waals surface area contributed by atoms with E-state index in [2.05, 4.69) is 10.1 Å². The lowest BCUT2D eigenvalue weighted by atomic mass is 9.98. The molecule has 1 aliphatic rings. The van der Waals surface area contributed by atoms with E-state index >= 15 is 0 Å². The highest BCUT2D eigenvalue weighted by Crippen LogP contribution is 2.38. The van der Waals surface area contributed by atoms with Crippen LogP contribution in [0.5, 0.6) is 11.5 Å². The van der Waals surface area contributed by atoms with Gasteiger partial charge in [0, 0.05) is 44.2 Å². The summed E-state index contributed by atoms with van der Waals surface area (Å²) < 4.78 is 78.9. The highest BCUT2D eigenvalue weighted by atomic mass is 19.4. The van der Waals surface area contributed by atoms with E-state index in [1.165, 1.54) is 0 Å². The number of ether oxygens (including phenoxy) is 1. The molecule has 2 rings (SSSR count). The summed E-state index contributed by atoms with van der Waals surface area (Å²) in [5.74, 6) is -0.937. The third-order valence-corrected chi connectivity index (χ3v) is 3.89. The molecule has 0 spiro atoms. The number of benzene rings is 1. The van der Waals surface area contributed by atoms with E-state index < -0.39 is 30.8 Å². The fourth-order valence-electron chi connectivity index (χ4n) is 2.83. The molecule has 25 heavy (non-hydrogen) atoms. The minimum absolute atomic E-state index is 0.00657. The number of alkyl halides is 6. The van der Waals surface area contributed by atoms with Crippen LogP contribution in [0.1, 0.15) is 24.4 Å². The Morgan fingerprint density at radius 3 is 2.32 bits per heavy atom.